The van der Waals surface area contributed by atoms with Gasteiger partial charge in [-0.15, -0.1) is 11.3 Å². The Balaban J connectivity index is 1.83. The Bertz CT molecular complexity index is 1490. The minimum Gasteiger partial charge on any atom is -0.496 e. The largest absolute Gasteiger partial charge is 0.496 e. The summed E-state index contributed by atoms with van der Waals surface area (Å²) < 4.78 is 39.5. The van der Waals surface area contributed by atoms with E-state index in [-0.39, 0.29) is 18.3 Å². The molecule has 0 saturated heterocycles. The molecule has 0 spiro atoms. The molecule has 0 radical (unpaired) electrons. The minimum absolute atomic E-state index is 0.0952. The number of esters is 1. The van der Waals surface area contributed by atoms with E-state index < -0.39 is 21.6 Å². The fourth-order valence-electron chi connectivity index (χ4n) is 4.30. The molecule has 1 amide bonds. The average molecular weight is 545 g/mol. The highest BCUT2D eigenvalue weighted by molar-refractivity contribution is 7.86. The number of nitrogens with one attached hydrogen (secondary N) is 1. The van der Waals surface area contributed by atoms with Crippen LogP contribution in [0.1, 0.15) is 34.0 Å². The van der Waals surface area contributed by atoms with Crippen molar-refractivity contribution in [3.05, 3.63) is 57.8 Å². The average Bonchev–Trinajstić information content (AvgIpc) is 3.26. The number of nitrogens with zero attached hydrogens (tertiary/aromatic N) is 1. The summed E-state index contributed by atoms with van der Waals surface area (Å²) in [6, 6.07) is 11.9. The fraction of sp³-hybridized carbons (Fsp3) is 0.308. The number of likely N-dealkylation sites (N-methyl/N-ethyl adjacent to an activating group) is 1. The Morgan fingerprint density at radius 1 is 1.11 bits per heavy atom. The van der Waals surface area contributed by atoms with Crippen LogP contribution in [0.2, 0.25) is 0 Å². The van der Waals surface area contributed by atoms with Gasteiger partial charge >= 0.3 is 16.1 Å². The van der Waals surface area contributed by atoms with Crippen molar-refractivity contribution in [1.29, 1.82) is 0 Å². The van der Waals surface area contributed by atoms with Crippen LogP contribution < -0.4 is 19.1 Å². The molecule has 0 atom stereocenters. The molecule has 1 aliphatic heterocycles. The van der Waals surface area contributed by atoms with Crippen LogP contribution in [-0.2, 0) is 26.3 Å². The number of anilines is 2. The van der Waals surface area contributed by atoms with Crippen LogP contribution >= 0.6 is 11.3 Å². The SMILES string of the molecule is COc1cc(OS(C)(=O)=O)ccc1-c1ccc2c(c1COC(=O)c1ccc(C)s1)N(C)C(=O)C(C)(C)N2. The zero-order chi connectivity index (χ0) is 27.1. The first-order valence-electron chi connectivity index (χ1n) is 11.3. The van der Waals surface area contributed by atoms with E-state index in [0.29, 0.717) is 38.7 Å². The molecular weight excluding hydrogens is 516 g/mol. The van der Waals surface area contributed by atoms with Crippen molar-refractivity contribution in [2.45, 2.75) is 32.9 Å². The molecule has 0 aliphatic carbocycles. The molecule has 2 heterocycles. The minimum atomic E-state index is -3.73. The molecule has 1 N–H and O–H groups in total. The van der Waals surface area contributed by atoms with Crippen LogP contribution in [0.3, 0.4) is 0 Å². The molecule has 3 aromatic rings. The second-order valence-corrected chi connectivity index (χ2v) is 12.1. The molecule has 0 bridgehead atoms. The van der Waals surface area contributed by atoms with E-state index in [1.165, 1.54) is 30.6 Å². The number of fused-ring (bicyclic) bond motifs is 1. The van der Waals surface area contributed by atoms with Crippen molar-refractivity contribution in [2.24, 2.45) is 0 Å². The molecule has 11 heteroatoms. The van der Waals surface area contributed by atoms with E-state index >= 15 is 0 Å². The summed E-state index contributed by atoms with van der Waals surface area (Å²) >= 11 is 1.34. The molecule has 4 rings (SSSR count). The Labute approximate surface area is 220 Å². The van der Waals surface area contributed by atoms with Gasteiger partial charge in [0.25, 0.3) is 5.91 Å². The van der Waals surface area contributed by atoms with Crippen LogP contribution in [0.5, 0.6) is 11.5 Å². The molecule has 1 aromatic heterocycles. The summed E-state index contributed by atoms with van der Waals surface area (Å²) in [5, 5.41) is 3.27. The Morgan fingerprint density at radius 3 is 2.43 bits per heavy atom. The molecule has 37 heavy (non-hydrogen) atoms. The number of methoxy groups -OCH3 is 1. The maximum absolute atomic E-state index is 13.1. The van der Waals surface area contributed by atoms with Gasteiger partial charge < -0.3 is 23.9 Å². The number of carbonyl (C=O) groups is 2. The number of amides is 1. The van der Waals surface area contributed by atoms with Crippen LogP contribution in [-0.4, -0.2) is 46.2 Å². The molecule has 1 aliphatic rings. The third-order valence-corrected chi connectivity index (χ3v) is 7.38. The van der Waals surface area contributed by atoms with Crippen molar-refractivity contribution in [3.63, 3.8) is 0 Å². The van der Waals surface area contributed by atoms with Gasteiger partial charge in [-0.1, -0.05) is 6.07 Å². The highest BCUT2D eigenvalue weighted by Crippen LogP contribution is 2.45. The highest BCUT2D eigenvalue weighted by atomic mass is 32.2. The maximum atomic E-state index is 13.1. The van der Waals surface area contributed by atoms with Crippen LogP contribution in [0, 0.1) is 6.92 Å². The first-order valence-corrected chi connectivity index (χ1v) is 14.0. The van der Waals surface area contributed by atoms with Crippen molar-refractivity contribution in [2.75, 3.05) is 30.6 Å². The molecule has 0 unspecified atom stereocenters. The van der Waals surface area contributed by atoms with E-state index in [2.05, 4.69) is 5.32 Å². The van der Waals surface area contributed by atoms with Crippen molar-refractivity contribution < 1.29 is 31.7 Å². The number of benzene rings is 2. The van der Waals surface area contributed by atoms with Crippen molar-refractivity contribution in [3.8, 4) is 22.6 Å². The summed E-state index contributed by atoms with van der Waals surface area (Å²) in [5.41, 5.74) is 2.31. The van der Waals surface area contributed by atoms with Crippen molar-refractivity contribution >= 4 is 44.7 Å². The van der Waals surface area contributed by atoms with Gasteiger partial charge in [0.15, 0.2) is 0 Å². The standard InChI is InChI=1S/C26H28N2O7S2/c1-15-7-12-22(36-15)24(29)34-14-19-17(10-11-20-23(19)28(4)25(30)26(2,3)27-20)18-9-8-16(13-21(18)33-5)35-37(6,31)32/h7-13,27H,14H2,1-6H3. The van der Waals surface area contributed by atoms with Crippen LogP contribution in [0.25, 0.3) is 11.1 Å². The number of hydrogen-bond acceptors (Lipinski definition) is 9. The normalized spacial score (nSPS) is 14.5. The quantitative estimate of drug-likeness (QED) is 0.340. The summed E-state index contributed by atoms with van der Waals surface area (Å²) in [7, 11) is -0.591. The van der Waals surface area contributed by atoms with Gasteiger partial charge in [-0.25, -0.2) is 4.79 Å². The number of ether oxygens (including phenoxy) is 2. The maximum Gasteiger partial charge on any atom is 0.348 e. The van der Waals surface area contributed by atoms with E-state index in [1.807, 2.05) is 25.1 Å². The molecule has 0 fully saturated rings. The second-order valence-electron chi connectivity index (χ2n) is 9.24. The summed E-state index contributed by atoms with van der Waals surface area (Å²) in [5.74, 6) is -0.176. The van der Waals surface area contributed by atoms with Gasteiger partial charge in [0.1, 0.15) is 28.5 Å². The fourth-order valence-corrected chi connectivity index (χ4v) is 5.52. The second kappa shape index (κ2) is 9.71. The zero-order valence-corrected chi connectivity index (χ0v) is 23.0. The van der Waals surface area contributed by atoms with E-state index in [4.69, 9.17) is 13.7 Å². The molecule has 9 nitrogen and oxygen atoms in total. The number of hydrogen-bond donors (Lipinski definition) is 1. The van der Waals surface area contributed by atoms with Gasteiger partial charge in [-0.3, -0.25) is 4.79 Å². The van der Waals surface area contributed by atoms with Gasteiger partial charge in [-0.05, 0) is 56.7 Å². The van der Waals surface area contributed by atoms with Gasteiger partial charge in [0.05, 0.1) is 24.7 Å². The lowest BCUT2D eigenvalue weighted by molar-refractivity contribution is -0.121. The molecule has 196 valence electrons. The number of thiophene rings is 1. The summed E-state index contributed by atoms with van der Waals surface area (Å²) in [6.07, 6.45) is 0.958. The Kier molecular flexibility index (Phi) is 6.95. The van der Waals surface area contributed by atoms with Gasteiger partial charge in [0.2, 0.25) is 0 Å². The monoisotopic (exact) mass is 544 g/mol. The summed E-state index contributed by atoms with van der Waals surface area (Å²) in [4.78, 5) is 28.9. The summed E-state index contributed by atoms with van der Waals surface area (Å²) in [6.45, 7) is 5.39. The van der Waals surface area contributed by atoms with Crippen LogP contribution in [0.4, 0.5) is 11.4 Å². The highest BCUT2D eigenvalue weighted by Gasteiger charge is 2.39. The first-order chi connectivity index (χ1) is 17.3. The Morgan fingerprint density at radius 2 is 1.81 bits per heavy atom. The topological polar surface area (TPSA) is 111 Å². The molecular formula is C26H28N2O7S2. The van der Waals surface area contributed by atoms with Gasteiger partial charge in [-0.2, -0.15) is 8.42 Å². The molecule has 0 saturated carbocycles. The number of carbonyl (C=O) groups excluding carboxylic acids is 2. The lowest BCUT2D eigenvalue weighted by Gasteiger charge is -2.39. The predicted molar refractivity (Wildman–Crippen MR) is 143 cm³/mol. The van der Waals surface area contributed by atoms with E-state index in [1.54, 1.807) is 37.9 Å². The van der Waals surface area contributed by atoms with Crippen molar-refractivity contribution in [1.82, 2.24) is 0 Å². The first kappa shape index (κ1) is 26.5. The number of aryl methyl sites for hydroxylation is 1. The Hall–Kier alpha value is -3.57. The predicted octanol–water partition coefficient (Wildman–Crippen LogP) is 4.59. The smallest absolute Gasteiger partial charge is 0.348 e. The zero-order valence-electron chi connectivity index (χ0n) is 21.4. The van der Waals surface area contributed by atoms with E-state index in [9.17, 15) is 18.0 Å². The molecule has 2 aromatic carbocycles. The third-order valence-electron chi connectivity index (χ3n) is 5.90. The van der Waals surface area contributed by atoms with Crippen LogP contribution in [0.15, 0.2) is 42.5 Å². The third kappa shape index (κ3) is 5.42. The lowest BCUT2D eigenvalue weighted by Crippen LogP contribution is -2.52. The van der Waals surface area contributed by atoms with E-state index in [0.717, 1.165) is 11.1 Å². The lowest BCUT2D eigenvalue weighted by atomic mass is 9.92. The number of rotatable bonds is 7. The van der Waals surface area contributed by atoms with Gasteiger partial charge in [0, 0.05) is 29.1 Å².